The third kappa shape index (κ3) is 4.38. The molecule has 34 heavy (non-hydrogen) atoms. The first-order chi connectivity index (χ1) is 16.2. The number of nitrogens with zero attached hydrogens (tertiary/aromatic N) is 3. The lowest BCUT2D eigenvalue weighted by Crippen LogP contribution is -2.38. The Hall–Kier alpha value is -4.09. The largest absolute Gasteiger partial charge is 0.330 e. The van der Waals surface area contributed by atoms with Gasteiger partial charge < -0.3 is 5.32 Å². The van der Waals surface area contributed by atoms with E-state index in [2.05, 4.69) is 15.0 Å². The highest BCUT2D eigenvalue weighted by atomic mass is 32.2. The van der Waals surface area contributed by atoms with Crippen molar-refractivity contribution in [3.05, 3.63) is 99.5 Å². The number of anilines is 1. The van der Waals surface area contributed by atoms with E-state index in [0.717, 1.165) is 4.57 Å². The standard InChI is InChI=1S/C23H21N5O5S/c1-27-19-11-10-17(13-18(19)22(30)28(2)23(27)31)34(32,33)26-20(15-7-4-3-5-8-15)21(29)25-16-9-6-12-24-14-16/h3-14,20,26H,1-2H3,(H,25,29)/t20-/m1/s1. The van der Waals surface area contributed by atoms with Crippen molar-refractivity contribution in [2.24, 2.45) is 14.1 Å². The summed E-state index contributed by atoms with van der Waals surface area (Å²) in [6.07, 6.45) is 2.99. The number of fused-ring (bicyclic) bond motifs is 1. The van der Waals surface area contributed by atoms with Crippen LogP contribution < -0.4 is 21.3 Å². The van der Waals surface area contributed by atoms with Crippen LogP contribution >= 0.6 is 0 Å². The molecule has 0 aliphatic carbocycles. The van der Waals surface area contributed by atoms with Crippen molar-refractivity contribution in [3.63, 3.8) is 0 Å². The van der Waals surface area contributed by atoms with Crippen LogP contribution in [0.3, 0.4) is 0 Å². The second kappa shape index (κ2) is 9.04. The lowest BCUT2D eigenvalue weighted by Gasteiger charge is -2.19. The highest BCUT2D eigenvalue weighted by molar-refractivity contribution is 7.89. The molecule has 4 rings (SSSR count). The van der Waals surface area contributed by atoms with Gasteiger partial charge in [0, 0.05) is 20.3 Å². The summed E-state index contributed by atoms with van der Waals surface area (Å²) in [5.41, 5.74) is -0.0261. The van der Waals surface area contributed by atoms with Crippen LogP contribution in [-0.4, -0.2) is 28.4 Å². The van der Waals surface area contributed by atoms with E-state index in [4.69, 9.17) is 0 Å². The van der Waals surface area contributed by atoms with E-state index in [1.165, 1.54) is 43.1 Å². The molecule has 0 fully saturated rings. The molecule has 1 amide bonds. The Morgan fingerprint density at radius 3 is 2.38 bits per heavy atom. The minimum atomic E-state index is -4.25. The van der Waals surface area contributed by atoms with Gasteiger partial charge in [-0.3, -0.25) is 23.7 Å². The Labute approximate surface area is 194 Å². The molecule has 2 N–H and O–H groups in total. The molecule has 0 bridgehead atoms. The molecule has 4 aromatic rings. The van der Waals surface area contributed by atoms with Gasteiger partial charge in [-0.15, -0.1) is 0 Å². The van der Waals surface area contributed by atoms with Crippen molar-refractivity contribution < 1.29 is 13.2 Å². The van der Waals surface area contributed by atoms with Crippen LogP contribution in [-0.2, 0) is 28.9 Å². The van der Waals surface area contributed by atoms with Crippen molar-refractivity contribution >= 4 is 32.5 Å². The molecule has 0 unspecified atom stereocenters. The number of carbonyl (C=O) groups is 1. The van der Waals surface area contributed by atoms with Crippen LogP contribution in [0.4, 0.5) is 5.69 Å². The maximum absolute atomic E-state index is 13.3. The fraction of sp³-hybridized carbons (Fsp3) is 0.130. The molecule has 10 nitrogen and oxygen atoms in total. The number of hydrogen-bond acceptors (Lipinski definition) is 6. The summed E-state index contributed by atoms with van der Waals surface area (Å²) in [6.45, 7) is 0. The zero-order chi connectivity index (χ0) is 24.5. The number of hydrogen-bond donors (Lipinski definition) is 2. The number of aromatic nitrogens is 3. The number of rotatable bonds is 6. The molecule has 2 aromatic carbocycles. The van der Waals surface area contributed by atoms with Gasteiger partial charge >= 0.3 is 5.69 Å². The van der Waals surface area contributed by atoms with Gasteiger partial charge in [0.2, 0.25) is 15.9 Å². The zero-order valence-electron chi connectivity index (χ0n) is 18.3. The van der Waals surface area contributed by atoms with Gasteiger partial charge in [0.25, 0.3) is 5.56 Å². The summed E-state index contributed by atoms with van der Waals surface area (Å²) >= 11 is 0. The molecular weight excluding hydrogens is 458 g/mol. The number of nitrogens with one attached hydrogen (secondary N) is 2. The van der Waals surface area contributed by atoms with Crippen LogP contribution in [0.25, 0.3) is 10.9 Å². The highest BCUT2D eigenvalue weighted by Crippen LogP contribution is 2.21. The number of pyridine rings is 1. The number of sulfonamides is 1. The van der Waals surface area contributed by atoms with Gasteiger partial charge in [-0.25, -0.2) is 13.2 Å². The first-order valence-corrected chi connectivity index (χ1v) is 11.7. The van der Waals surface area contributed by atoms with Crippen molar-refractivity contribution in [1.29, 1.82) is 0 Å². The minimum absolute atomic E-state index is 0.0588. The first kappa shape index (κ1) is 23.1. The number of benzene rings is 2. The molecule has 1 atom stereocenters. The van der Waals surface area contributed by atoms with Gasteiger partial charge in [-0.05, 0) is 35.9 Å². The Kier molecular flexibility index (Phi) is 6.14. The molecule has 174 valence electrons. The van der Waals surface area contributed by atoms with E-state index in [1.807, 2.05) is 0 Å². The summed E-state index contributed by atoms with van der Waals surface area (Å²) in [5.74, 6) is -0.609. The van der Waals surface area contributed by atoms with Gasteiger partial charge in [-0.2, -0.15) is 4.72 Å². The average molecular weight is 480 g/mol. The van der Waals surface area contributed by atoms with Gasteiger partial charge in [0.1, 0.15) is 6.04 Å². The fourth-order valence-electron chi connectivity index (χ4n) is 3.53. The topological polar surface area (TPSA) is 132 Å². The average Bonchev–Trinajstić information content (AvgIpc) is 2.85. The van der Waals surface area contributed by atoms with Crippen LogP contribution in [0.15, 0.2) is 87.5 Å². The van der Waals surface area contributed by atoms with Crippen LogP contribution in [0.2, 0.25) is 0 Å². The molecule has 0 aliphatic heterocycles. The van der Waals surface area contributed by atoms with Crippen LogP contribution in [0, 0.1) is 0 Å². The van der Waals surface area contributed by atoms with Gasteiger partial charge in [-0.1, -0.05) is 30.3 Å². The molecule has 0 radical (unpaired) electrons. The van der Waals surface area contributed by atoms with Crippen LogP contribution in [0.1, 0.15) is 11.6 Å². The maximum Gasteiger partial charge on any atom is 0.330 e. The molecule has 11 heteroatoms. The lowest BCUT2D eigenvalue weighted by atomic mass is 10.1. The summed E-state index contributed by atoms with van der Waals surface area (Å²) < 4.78 is 31.2. The van der Waals surface area contributed by atoms with Crippen molar-refractivity contribution in [3.8, 4) is 0 Å². The van der Waals surface area contributed by atoms with Crippen molar-refractivity contribution in [2.75, 3.05) is 5.32 Å². The SMILES string of the molecule is Cn1c(=O)c2cc(S(=O)(=O)N[C@@H](C(=O)Nc3cccnc3)c3ccccc3)ccc2n(C)c1=O. The molecule has 0 saturated heterocycles. The quantitative estimate of drug-likeness (QED) is 0.428. The monoisotopic (exact) mass is 479 g/mol. The smallest absolute Gasteiger partial charge is 0.323 e. The zero-order valence-corrected chi connectivity index (χ0v) is 19.1. The summed E-state index contributed by atoms with van der Waals surface area (Å²) in [7, 11) is -1.44. The highest BCUT2D eigenvalue weighted by Gasteiger charge is 2.28. The maximum atomic E-state index is 13.3. The number of amides is 1. The predicted molar refractivity (Wildman–Crippen MR) is 127 cm³/mol. The number of carbonyl (C=O) groups excluding carboxylic acids is 1. The van der Waals surface area contributed by atoms with E-state index in [0.29, 0.717) is 16.8 Å². The second-order valence-corrected chi connectivity index (χ2v) is 9.29. The first-order valence-electron chi connectivity index (χ1n) is 10.2. The van der Waals surface area contributed by atoms with Crippen molar-refractivity contribution in [2.45, 2.75) is 10.9 Å². The fourth-order valence-corrected chi connectivity index (χ4v) is 4.74. The van der Waals surface area contributed by atoms with Gasteiger partial charge in [0.15, 0.2) is 0 Å². The normalized spacial score (nSPS) is 12.4. The van der Waals surface area contributed by atoms with Crippen molar-refractivity contribution in [1.82, 2.24) is 18.8 Å². The molecular formula is C23H21N5O5S. The molecule has 0 aliphatic rings. The second-order valence-electron chi connectivity index (χ2n) is 7.58. The van der Waals surface area contributed by atoms with E-state index >= 15 is 0 Å². The molecule has 0 saturated carbocycles. The predicted octanol–water partition coefficient (Wildman–Crippen LogP) is 1.29. The Morgan fingerprint density at radius 2 is 1.71 bits per heavy atom. The van der Waals surface area contributed by atoms with E-state index in [-0.39, 0.29) is 10.3 Å². The third-order valence-electron chi connectivity index (χ3n) is 5.35. The van der Waals surface area contributed by atoms with E-state index in [9.17, 15) is 22.8 Å². The summed E-state index contributed by atoms with van der Waals surface area (Å²) in [4.78, 5) is 41.5. The van der Waals surface area contributed by atoms with Gasteiger partial charge in [0.05, 0.1) is 27.7 Å². The number of aryl methyl sites for hydroxylation is 1. The molecule has 2 aromatic heterocycles. The van der Waals surface area contributed by atoms with E-state index in [1.54, 1.807) is 48.7 Å². The summed E-state index contributed by atoms with van der Waals surface area (Å²) in [6, 6.07) is 14.3. The molecule has 0 spiro atoms. The Morgan fingerprint density at radius 1 is 0.971 bits per heavy atom. The molecule has 2 heterocycles. The Bertz CT molecular complexity index is 1600. The van der Waals surface area contributed by atoms with E-state index < -0.39 is 33.2 Å². The van der Waals surface area contributed by atoms with Crippen LogP contribution in [0.5, 0.6) is 0 Å². The third-order valence-corrected chi connectivity index (χ3v) is 6.77. The summed E-state index contributed by atoms with van der Waals surface area (Å²) in [5, 5.41) is 2.71. The lowest BCUT2D eigenvalue weighted by molar-refractivity contribution is -0.117. The minimum Gasteiger partial charge on any atom is -0.323 e. The Balaban J connectivity index is 1.75.